The van der Waals surface area contributed by atoms with Gasteiger partial charge in [0.25, 0.3) is 0 Å². The molecule has 0 aliphatic carbocycles. The van der Waals surface area contributed by atoms with Crippen molar-refractivity contribution in [2.24, 2.45) is 7.05 Å². The first-order chi connectivity index (χ1) is 6.99. The van der Waals surface area contributed by atoms with Crippen molar-refractivity contribution in [1.29, 1.82) is 0 Å². The van der Waals surface area contributed by atoms with E-state index in [1.54, 1.807) is 0 Å². The topological polar surface area (TPSA) is 92.4 Å². The Morgan fingerprint density at radius 2 is 1.93 bits per heavy atom. The summed E-state index contributed by atoms with van der Waals surface area (Å²) in [6, 6.07) is 0. The van der Waals surface area contributed by atoms with Crippen LogP contribution in [0.4, 0.5) is 0 Å². The summed E-state index contributed by atoms with van der Waals surface area (Å²) in [5.41, 5.74) is -0.667. The second-order valence-corrected chi connectivity index (χ2v) is 3.14. The van der Waals surface area contributed by atoms with E-state index in [1.165, 1.54) is 11.6 Å². The lowest BCUT2D eigenvalue weighted by Crippen LogP contribution is -2.11. The summed E-state index contributed by atoms with van der Waals surface area (Å²) in [4.78, 5) is 25.4. The van der Waals surface area contributed by atoms with Gasteiger partial charge in [0, 0.05) is 13.5 Å². The Labute approximate surface area is 86.2 Å². The number of carboxylic acid groups (broad SMARTS) is 2. The molecule has 0 saturated carbocycles. The van der Waals surface area contributed by atoms with Gasteiger partial charge in [-0.3, -0.25) is 0 Å². The Bertz CT molecular complexity index is 408. The summed E-state index contributed by atoms with van der Waals surface area (Å²) in [7, 11) is 1.51. The first kappa shape index (κ1) is 11.2. The first-order valence-electron chi connectivity index (χ1n) is 4.51. The van der Waals surface area contributed by atoms with E-state index in [-0.39, 0.29) is 5.69 Å². The number of hydrogen-bond acceptors (Lipinski definition) is 3. The normalized spacial score (nSPS) is 10.3. The summed E-state index contributed by atoms with van der Waals surface area (Å²) < 4.78 is 1.31. The van der Waals surface area contributed by atoms with Crippen LogP contribution < -0.4 is 0 Å². The number of hydrogen-bond donors (Lipinski definition) is 2. The van der Waals surface area contributed by atoms with Crippen molar-refractivity contribution in [3.05, 3.63) is 17.2 Å². The van der Waals surface area contributed by atoms with E-state index < -0.39 is 17.6 Å². The quantitative estimate of drug-likeness (QED) is 0.768. The molecule has 0 aromatic carbocycles. The highest BCUT2D eigenvalue weighted by Gasteiger charge is 2.24. The Kier molecular flexibility index (Phi) is 3.08. The zero-order valence-corrected chi connectivity index (χ0v) is 8.52. The third-order valence-corrected chi connectivity index (χ3v) is 2.07. The van der Waals surface area contributed by atoms with Crippen molar-refractivity contribution in [2.45, 2.75) is 19.8 Å². The van der Waals surface area contributed by atoms with Crippen LogP contribution in [0.15, 0.2) is 0 Å². The second kappa shape index (κ2) is 4.12. The summed E-state index contributed by atoms with van der Waals surface area (Å²) in [6.45, 7) is 1.91. The molecule has 0 unspecified atom stereocenters. The highest BCUT2D eigenvalue weighted by molar-refractivity contribution is 5.99. The van der Waals surface area contributed by atoms with E-state index in [2.05, 4.69) is 4.98 Å². The molecular formula is C9H12N2O4. The van der Waals surface area contributed by atoms with Crippen LogP contribution in [0, 0.1) is 0 Å². The van der Waals surface area contributed by atoms with Gasteiger partial charge in [-0.1, -0.05) is 6.92 Å². The van der Waals surface area contributed by atoms with Gasteiger partial charge in [0.1, 0.15) is 5.82 Å². The number of aryl methyl sites for hydroxylation is 1. The maximum atomic E-state index is 10.8. The summed E-state index contributed by atoms with van der Waals surface area (Å²) in [6.07, 6.45) is 1.34. The van der Waals surface area contributed by atoms with Crippen molar-refractivity contribution in [3.8, 4) is 0 Å². The van der Waals surface area contributed by atoms with Crippen LogP contribution in [0.2, 0.25) is 0 Å². The molecule has 2 N–H and O–H groups in total. The molecule has 82 valence electrons. The Balaban J connectivity index is 3.32. The molecule has 0 radical (unpaired) electrons. The standard InChI is InChI=1S/C9H12N2O4/c1-3-4-5-10-6(8(12)13)7(9(14)15)11(5)2/h3-4H2,1-2H3,(H,12,13)(H,14,15). The minimum absolute atomic E-state index is 0.272. The number of imidazole rings is 1. The van der Waals surface area contributed by atoms with Gasteiger partial charge in [0.15, 0.2) is 11.4 Å². The van der Waals surface area contributed by atoms with E-state index in [0.717, 1.165) is 6.42 Å². The molecule has 0 spiro atoms. The molecule has 0 fully saturated rings. The lowest BCUT2D eigenvalue weighted by atomic mass is 10.3. The smallest absolute Gasteiger partial charge is 0.357 e. The average molecular weight is 212 g/mol. The summed E-state index contributed by atoms with van der Waals surface area (Å²) >= 11 is 0. The number of rotatable bonds is 4. The van der Waals surface area contributed by atoms with Gasteiger partial charge in [0.05, 0.1) is 0 Å². The maximum Gasteiger partial charge on any atom is 0.357 e. The molecule has 0 bridgehead atoms. The third-order valence-electron chi connectivity index (χ3n) is 2.07. The number of carboxylic acids is 2. The number of aromatic carboxylic acids is 2. The van der Waals surface area contributed by atoms with Crippen molar-refractivity contribution in [3.63, 3.8) is 0 Å². The minimum Gasteiger partial charge on any atom is -0.476 e. The molecule has 0 saturated heterocycles. The Hall–Kier alpha value is -1.85. The van der Waals surface area contributed by atoms with Crippen LogP contribution in [0.3, 0.4) is 0 Å². The molecular weight excluding hydrogens is 200 g/mol. The zero-order chi connectivity index (χ0) is 11.6. The molecule has 1 aromatic heterocycles. The summed E-state index contributed by atoms with van der Waals surface area (Å²) in [5, 5.41) is 17.6. The van der Waals surface area contributed by atoms with Crippen LogP contribution in [-0.4, -0.2) is 31.7 Å². The maximum absolute atomic E-state index is 10.8. The van der Waals surface area contributed by atoms with Crippen LogP contribution in [0.1, 0.15) is 40.1 Å². The van der Waals surface area contributed by atoms with Crippen LogP contribution in [0.5, 0.6) is 0 Å². The van der Waals surface area contributed by atoms with Crippen molar-refractivity contribution >= 4 is 11.9 Å². The number of nitrogens with zero attached hydrogens (tertiary/aromatic N) is 2. The zero-order valence-electron chi connectivity index (χ0n) is 8.52. The minimum atomic E-state index is -1.31. The lowest BCUT2D eigenvalue weighted by Gasteiger charge is -2.00. The van der Waals surface area contributed by atoms with Gasteiger partial charge in [-0.2, -0.15) is 0 Å². The number of carbonyl (C=O) groups is 2. The lowest BCUT2D eigenvalue weighted by molar-refractivity contribution is 0.0641. The molecule has 0 amide bonds. The molecule has 6 heteroatoms. The first-order valence-corrected chi connectivity index (χ1v) is 4.51. The van der Waals surface area contributed by atoms with Crippen LogP contribution in [0.25, 0.3) is 0 Å². The van der Waals surface area contributed by atoms with Gasteiger partial charge in [-0.15, -0.1) is 0 Å². The van der Waals surface area contributed by atoms with Gasteiger partial charge in [0.2, 0.25) is 0 Å². The SMILES string of the molecule is CCCc1nc(C(=O)O)c(C(=O)O)n1C. The Morgan fingerprint density at radius 1 is 1.33 bits per heavy atom. The molecule has 0 aliphatic rings. The largest absolute Gasteiger partial charge is 0.476 e. The van der Waals surface area contributed by atoms with E-state index in [1.807, 2.05) is 6.92 Å². The number of aromatic nitrogens is 2. The van der Waals surface area contributed by atoms with Crippen molar-refractivity contribution < 1.29 is 19.8 Å². The van der Waals surface area contributed by atoms with E-state index >= 15 is 0 Å². The molecule has 0 atom stereocenters. The predicted octanol–water partition coefficient (Wildman–Crippen LogP) is 0.769. The monoisotopic (exact) mass is 212 g/mol. The van der Waals surface area contributed by atoms with Crippen molar-refractivity contribution in [1.82, 2.24) is 9.55 Å². The highest BCUT2D eigenvalue weighted by atomic mass is 16.4. The van der Waals surface area contributed by atoms with Crippen LogP contribution >= 0.6 is 0 Å². The van der Waals surface area contributed by atoms with E-state index in [4.69, 9.17) is 10.2 Å². The van der Waals surface area contributed by atoms with Crippen molar-refractivity contribution in [2.75, 3.05) is 0 Å². The van der Waals surface area contributed by atoms with Gasteiger partial charge in [-0.05, 0) is 6.42 Å². The molecule has 1 aromatic rings. The third kappa shape index (κ3) is 1.98. The Morgan fingerprint density at radius 3 is 2.27 bits per heavy atom. The van der Waals surface area contributed by atoms with Crippen LogP contribution in [-0.2, 0) is 13.5 Å². The molecule has 1 heterocycles. The molecule has 15 heavy (non-hydrogen) atoms. The fourth-order valence-electron chi connectivity index (χ4n) is 1.39. The molecule has 6 nitrogen and oxygen atoms in total. The fourth-order valence-corrected chi connectivity index (χ4v) is 1.39. The predicted molar refractivity (Wildman–Crippen MR) is 51.1 cm³/mol. The fraction of sp³-hybridized carbons (Fsp3) is 0.444. The molecule has 1 rings (SSSR count). The molecule has 0 aliphatic heterocycles. The average Bonchev–Trinajstić information content (AvgIpc) is 2.44. The van der Waals surface area contributed by atoms with Gasteiger partial charge in [-0.25, -0.2) is 14.6 Å². The summed E-state index contributed by atoms with van der Waals surface area (Å²) in [5.74, 6) is -2.11. The second-order valence-electron chi connectivity index (χ2n) is 3.14. The van der Waals surface area contributed by atoms with Gasteiger partial charge < -0.3 is 14.8 Å². The van der Waals surface area contributed by atoms with Gasteiger partial charge >= 0.3 is 11.9 Å². The van der Waals surface area contributed by atoms with E-state index in [9.17, 15) is 9.59 Å². The van der Waals surface area contributed by atoms with E-state index in [0.29, 0.717) is 12.2 Å². The highest BCUT2D eigenvalue weighted by Crippen LogP contribution is 2.12.